The van der Waals surface area contributed by atoms with Crippen molar-refractivity contribution in [1.29, 1.82) is 5.26 Å². The summed E-state index contributed by atoms with van der Waals surface area (Å²) in [5.74, 6) is 0.143. The first-order valence-electron chi connectivity index (χ1n) is 8.50. The number of nitrogens with one attached hydrogen (secondary N) is 1. The number of esters is 1. The van der Waals surface area contributed by atoms with Gasteiger partial charge in [0.1, 0.15) is 6.07 Å². The van der Waals surface area contributed by atoms with Crippen LogP contribution < -0.4 is 5.32 Å². The molecule has 1 N–H and O–H groups in total. The molecule has 2 aromatic rings. The SMILES string of the molecule is CCOC(=O)c1ccc2c(NC3CCCCC3C)c(C#N)cnn12. The van der Waals surface area contributed by atoms with Crippen LogP contribution in [-0.4, -0.2) is 28.2 Å². The number of carbonyl (C=O) groups is 1. The summed E-state index contributed by atoms with van der Waals surface area (Å²) >= 11 is 0. The Morgan fingerprint density at radius 3 is 2.96 bits per heavy atom. The fourth-order valence-electron chi connectivity index (χ4n) is 3.37. The van der Waals surface area contributed by atoms with Gasteiger partial charge in [0, 0.05) is 6.04 Å². The Hall–Kier alpha value is -2.55. The number of carbonyl (C=O) groups excluding carboxylic acids is 1. The maximum Gasteiger partial charge on any atom is 0.356 e. The summed E-state index contributed by atoms with van der Waals surface area (Å²) in [6.45, 7) is 4.32. The average molecular weight is 326 g/mol. The van der Waals surface area contributed by atoms with Crippen molar-refractivity contribution in [2.24, 2.45) is 5.92 Å². The average Bonchev–Trinajstić information content (AvgIpc) is 3.02. The summed E-state index contributed by atoms with van der Waals surface area (Å²) in [7, 11) is 0. The van der Waals surface area contributed by atoms with Gasteiger partial charge in [0.15, 0.2) is 5.69 Å². The number of nitrogens with zero attached hydrogens (tertiary/aromatic N) is 3. The molecule has 2 atom stereocenters. The maximum absolute atomic E-state index is 12.1. The molecule has 3 rings (SSSR count). The normalized spacial score (nSPS) is 20.5. The molecule has 0 radical (unpaired) electrons. The molecule has 1 aliphatic carbocycles. The molecule has 0 spiro atoms. The minimum Gasteiger partial charge on any atom is -0.461 e. The molecule has 1 fully saturated rings. The van der Waals surface area contributed by atoms with Gasteiger partial charge in [-0.3, -0.25) is 0 Å². The minimum absolute atomic E-state index is 0.313. The number of ether oxygens (including phenoxy) is 1. The molecule has 0 aromatic carbocycles. The Bertz CT molecular complexity index is 790. The van der Waals surface area contributed by atoms with Crippen LogP contribution in [-0.2, 0) is 4.74 Å². The van der Waals surface area contributed by atoms with Gasteiger partial charge in [-0.15, -0.1) is 0 Å². The van der Waals surface area contributed by atoms with E-state index in [2.05, 4.69) is 23.4 Å². The van der Waals surface area contributed by atoms with Crippen LogP contribution in [0.25, 0.3) is 5.52 Å². The van der Waals surface area contributed by atoms with Crippen LogP contribution >= 0.6 is 0 Å². The second-order valence-corrected chi connectivity index (χ2v) is 6.29. The molecule has 6 nitrogen and oxygen atoms in total. The van der Waals surface area contributed by atoms with Crippen molar-refractivity contribution in [3.05, 3.63) is 29.6 Å². The van der Waals surface area contributed by atoms with E-state index in [1.165, 1.54) is 25.5 Å². The van der Waals surface area contributed by atoms with Crippen molar-refractivity contribution < 1.29 is 9.53 Å². The van der Waals surface area contributed by atoms with Gasteiger partial charge >= 0.3 is 5.97 Å². The zero-order chi connectivity index (χ0) is 17.1. The molecule has 24 heavy (non-hydrogen) atoms. The Labute approximate surface area is 141 Å². The van der Waals surface area contributed by atoms with Crippen LogP contribution in [0.3, 0.4) is 0 Å². The van der Waals surface area contributed by atoms with E-state index in [0.29, 0.717) is 29.8 Å². The van der Waals surface area contributed by atoms with Crippen molar-refractivity contribution in [2.45, 2.75) is 45.6 Å². The lowest BCUT2D eigenvalue weighted by Gasteiger charge is -2.30. The number of fused-ring (bicyclic) bond motifs is 1. The van der Waals surface area contributed by atoms with E-state index >= 15 is 0 Å². The van der Waals surface area contributed by atoms with Crippen LogP contribution in [0.15, 0.2) is 18.3 Å². The van der Waals surface area contributed by atoms with Gasteiger partial charge in [0.2, 0.25) is 0 Å². The molecule has 6 heteroatoms. The number of rotatable bonds is 4. The van der Waals surface area contributed by atoms with Crippen molar-refractivity contribution in [3.8, 4) is 6.07 Å². The molecule has 0 bridgehead atoms. The lowest BCUT2D eigenvalue weighted by Crippen LogP contribution is -2.31. The summed E-state index contributed by atoms with van der Waals surface area (Å²) in [4.78, 5) is 12.1. The van der Waals surface area contributed by atoms with E-state index in [9.17, 15) is 10.1 Å². The molecule has 2 unspecified atom stereocenters. The van der Waals surface area contributed by atoms with E-state index in [4.69, 9.17) is 4.74 Å². The molecule has 0 saturated heterocycles. The summed E-state index contributed by atoms with van der Waals surface area (Å²) in [5.41, 5.74) is 2.35. The largest absolute Gasteiger partial charge is 0.461 e. The molecule has 0 aliphatic heterocycles. The molecule has 2 aromatic heterocycles. The first kappa shape index (κ1) is 16.3. The second kappa shape index (κ2) is 6.91. The summed E-state index contributed by atoms with van der Waals surface area (Å²) < 4.78 is 6.62. The Morgan fingerprint density at radius 1 is 1.46 bits per heavy atom. The van der Waals surface area contributed by atoms with Gasteiger partial charge in [-0.1, -0.05) is 19.8 Å². The molecular weight excluding hydrogens is 304 g/mol. The predicted molar refractivity (Wildman–Crippen MR) is 90.9 cm³/mol. The highest BCUT2D eigenvalue weighted by atomic mass is 16.5. The summed E-state index contributed by atoms with van der Waals surface area (Å²) in [5, 5.41) is 17.2. The molecule has 1 aliphatic rings. The number of aromatic nitrogens is 2. The van der Waals surface area contributed by atoms with E-state index in [1.54, 1.807) is 17.5 Å². The molecule has 2 heterocycles. The lowest BCUT2D eigenvalue weighted by molar-refractivity contribution is 0.0517. The van der Waals surface area contributed by atoms with Crippen molar-refractivity contribution in [2.75, 3.05) is 11.9 Å². The highest BCUT2D eigenvalue weighted by Crippen LogP contribution is 2.30. The number of hydrogen-bond donors (Lipinski definition) is 1. The third kappa shape index (κ3) is 2.94. The van der Waals surface area contributed by atoms with Crippen LogP contribution in [0, 0.1) is 17.2 Å². The summed E-state index contributed by atoms with van der Waals surface area (Å²) in [6.07, 6.45) is 6.24. The van der Waals surface area contributed by atoms with E-state index in [0.717, 1.165) is 17.6 Å². The van der Waals surface area contributed by atoms with Gasteiger partial charge < -0.3 is 10.1 Å². The molecule has 1 saturated carbocycles. The minimum atomic E-state index is -0.410. The van der Waals surface area contributed by atoms with Crippen LogP contribution in [0.1, 0.15) is 55.6 Å². The Kier molecular flexibility index (Phi) is 4.70. The Morgan fingerprint density at radius 2 is 2.25 bits per heavy atom. The van der Waals surface area contributed by atoms with Crippen LogP contribution in [0.4, 0.5) is 5.69 Å². The first-order valence-corrected chi connectivity index (χ1v) is 8.50. The molecule has 126 valence electrons. The third-order valence-corrected chi connectivity index (χ3v) is 4.73. The smallest absolute Gasteiger partial charge is 0.356 e. The van der Waals surface area contributed by atoms with Crippen molar-refractivity contribution >= 4 is 17.2 Å². The van der Waals surface area contributed by atoms with E-state index in [1.807, 2.05) is 6.07 Å². The molecular formula is C18H22N4O2. The number of anilines is 1. The zero-order valence-electron chi connectivity index (χ0n) is 14.1. The second-order valence-electron chi connectivity index (χ2n) is 6.29. The van der Waals surface area contributed by atoms with Gasteiger partial charge in [0.25, 0.3) is 0 Å². The van der Waals surface area contributed by atoms with E-state index < -0.39 is 5.97 Å². The Balaban J connectivity index is 2.02. The number of hydrogen-bond acceptors (Lipinski definition) is 5. The van der Waals surface area contributed by atoms with Gasteiger partial charge in [-0.25, -0.2) is 9.31 Å². The lowest BCUT2D eigenvalue weighted by atomic mass is 9.85. The highest BCUT2D eigenvalue weighted by Gasteiger charge is 2.24. The summed E-state index contributed by atoms with van der Waals surface area (Å²) in [6, 6.07) is 6.04. The van der Waals surface area contributed by atoms with Gasteiger partial charge in [-0.2, -0.15) is 10.4 Å². The topological polar surface area (TPSA) is 79.4 Å². The van der Waals surface area contributed by atoms with Crippen molar-refractivity contribution in [3.63, 3.8) is 0 Å². The van der Waals surface area contributed by atoms with E-state index in [-0.39, 0.29) is 0 Å². The van der Waals surface area contributed by atoms with Gasteiger partial charge in [0.05, 0.1) is 29.6 Å². The maximum atomic E-state index is 12.1. The first-order chi connectivity index (χ1) is 11.7. The number of nitriles is 1. The predicted octanol–water partition coefficient (Wildman–Crippen LogP) is 3.37. The quantitative estimate of drug-likeness (QED) is 0.871. The monoisotopic (exact) mass is 326 g/mol. The zero-order valence-corrected chi connectivity index (χ0v) is 14.1. The molecule has 0 amide bonds. The van der Waals surface area contributed by atoms with Crippen molar-refractivity contribution in [1.82, 2.24) is 9.61 Å². The standard InChI is InChI=1S/C18H22N4O2/c1-3-24-18(23)16-9-8-15-17(13(10-19)11-20-22(15)16)21-14-7-5-4-6-12(14)2/h8-9,11-12,14,21H,3-7H2,1-2H3. The van der Waals surface area contributed by atoms with Crippen LogP contribution in [0.2, 0.25) is 0 Å². The van der Waals surface area contributed by atoms with Gasteiger partial charge in [-0.05, 0) is 37.8 Å². The fraction of sp³-hybridized carbons (Fsp3) is 0.500. The highest BCUT2D eigenvalue weighted by molar-refractivity contribution is 5.91. The van der Waals surface area contributed by atoms with Crippen LogP contribution in [0.5, 0.6) is 0 Å². The fourth-order valence-corrected chi connectivity index (χ4v) is 3.37. The third-order valence-electron chi connectivity index (χ3n) is 4.73.